The fourth-order valence-electron chi connectivity index (χ4n) is 5.31. The molecule has 0 bridgehead atoms. The molecule has 1 saturated carbocycles. The van der Waals surface area contributed by atoms with Crippen molar-refractivity contribution < 1.29 is 34.4 Å². The second kappa shape index (κ2) is 16.4. The lowest BCUT2D eigenvalue weighted by Crippen LogP contribution is -2.53. The number of carbonyl (C=O) groups excluding carboxylic acids is 2. The van der Waals surface area contributed by atoms with E-state index in [0.717, 1.165) is 11.1 Å². The molecule has 0 aromatic rings. The molecule has 4 atom stereocenters. The molecule has 0 spiro atoms. The van der Waals surface area contributed by atoms with Crippen LogP contribution in [-0.4, -0.2) is 50.9 Å². The zero-order valence-electron chi connectivity index (χ0n) is 26.5. The van der Waals surface area contributed by atoms with Crippen LogP contribution in [0, 0.1) is 10.8 Å². The highest BCUT2D eigenvalue weighted by Crippen LogP contribution is 2.49. The zero-order chi connectivity index (χ0) is 32.1. The Hall–Kier alpha value is -3.29. The highest BCUT2D eigenvalue weighted by molar-refractivity contribution is 5.95. The highest BCUT2D eigenvalue weighted by Gasteiger charge is 2.51. The number of ether oxygens (including phenoxy) is 1. The van der Waals surface area contributed by atoms with Gasteiger partial charge in [-0.1, -0.05) is 98.8 Å². The van der Waals surface area contributed by atoms with Gasteiger partial charge in [0.05, 0.1) is 24.5 Å². The van der Waals surface area contributed by atoms with Gasteiger partial charge in [0, 0.05) is 11.8 Å². The number of esters is 1. The van der Waals surface area contributed by atoms with Crippen molar-refractivity contribution in [1.29, 1.82) is 0 Å². The van der Waals surface area contributed by atoms with Gasteiger partial charge in [0.25, 0.3) is 0 Å². The summed E-state index contributed by atoms with van der Waals surface area (Å²) in [7, 11) is 0. The van der Waals surface area contributed by atoms with Gasteiger partial charge in [-0.05, 0) is 58.4 Å². The molecule has 0 aromatic heterocycles. The maximum absolute atomic E-state index is 13.2. The van der Waals surface area contributed by atoms with Crippen molar-refractivity contribution in [3.63, 3.8) is 0 Å². The van der Waals surface area contributed by atoms with Crippen LogP contribution in [0.3, 0.4) is 0 Å². The molecule has 0 radical (unpaired) electrons. The summed E-state index contributed by atoms with van der Waals surface area (Å²) in [4.78, 5) is 36.7. The fourth-order valence-corrected chi connectivity index (χ4v) is 5.31. The van der Waals surface area contributed by atoms with E-state index in [4.69, 9.17) is 9.84 Å². The van der Waals surface area contributed by atoms with Crippen LogP contribution in [0.5, 0.6) is 0 Å². The summed E-state index contributed by atoms with van der Waals surface area (Å²) >= 11 is 0. The molecule has 0 aliphatic heterocycles. The van der Waals surface area contributed by atoms with Gasteiger partial charge in [-0.15, -0.1) is 0 Å². The van der Waals surface area contributed by atoms with Gasteiger partial charge in [-0.25, -0.2) is 0 Å². The maximum atomic E-state index is 13.2. The van der Waals surface area contributed by atoms with Crippen LogP contribution in [0.15, 0.2) is 83.6 Å². The van der Waals surface area contributed by atoms with Gasteiger partial charge < -0.3 is 20.1 Å². The van der Waals surface area contributed by atoms with Crippen LogP contribution in [0.1, 0.15) is 87.5 Å². The molecule has 1 rings (SSSR count). The van der Waals surface area contributed by atoms with Crippen LogP contribution < -0.4 is 0 Å². The Balaban J connectivity index is 2.88. The maximum Gasteiger partial charge on any atom is 0.308 e. The molecular formula is C35H50O7. The molecule has 1 aliphatic rings. The van der Waals surface area contributed by atoms with E-state index in [1.54, 1.807) is 13.0 Å². The number of Topliss-reactive ketones (excluding diaryl/α,β-unsaturated/α-hetero) is 1. The van der Waals surface area contributed by atoms with Gasteiger partial charge in [0.15, 0.2) is 5.78 Å². The van der Waals surface area contributed by atoms with Crippen molar-refractivity contribution >= 4 is 17.7 Å². The van der Waals surface area contributed by atoms with Gasteiger partial charge in [-0.2, -0.15) is 0 Å². The summed E-state index contributed by atoms with van der Waals surface area (Å²) in [5.74, 6) is -2.03. The van der Waals surface area contributed by atoms with Crippen LogP contribution in [0.2, 0.25) is 0 Å². The van der Waals surface area contributed by atoms with Crippen LogP contribution >= 0.6 is 0 Å². The van der Waals surface area contributed by atoms with E-state index in [-0.39, 0.29) is 18.6 Å². The molecule has 0 heterocycles. The van der Waals surface area contributed by atoms with Crippen LogP contribution in [0.25, 0.3) is 0 Å². The molecule has 232 valence electrons. The van der Waals surface area contributed by atoms with Crippen LogP contribution in [0.4, 0.5) is 0 Å². The van der Waals surface area contributed by atoms with E-state index in [1.165, 1.54) is 6.92 Å². The van der Waals surface area contributed by atoms with E-state index in [2.05, 4.69) is 0 Å². The Bertz CT molecular complexity index is 1170. The molecule has 1 fully saturated rings. The number of hydrogen-bond donors (Lipinski definition) is 3. The first kappa shape index (κ1) is 36.7. The number of carboxylic acid groups (broad SMARTS) is 1. The molecule has 0 amide bonds. The average molecular weight is 583 g/mol. The van der Waals surface area contributed by atoms with E-state index in [0.29, 0.717) is 12.0 Å². The standard InChI is InChI=1S/C35H50O7/c1-9-10-11-15-25(2)16-12-13-17-26(3)18-14-19-27(4)29(36)22-34(7)21-28(20-33(5,6)32(34)40)42-31(39)24-35(8,41)23-30(37)38/h9-19,28,32,40-41H,20-24H2,1-8H3,(H,37,38)/b10-9-,13-12+,15-11+,18-14+,25-16+,26-17+,27-19+. The van der Waals surface area contributed by atoms with Gasteiger partial charge in [0.2, 0.25) is 0 Å². The minimum Gasteiger partial charge on any atom is -0.481 e. The Kier molecular flexibility index (Phi) is 14.3. The second-order valence-corrected chi connectivity index (χ2v) is 12.7. The third-order valence-corrected chi connectivity index (χ3v) is 7.41. The zero-order valence-corrected chi connectivity index (χ0v) is 26.5. The number of aliphatic carboxylic acids is 1. The minimum atomic E-state index is -1.73. The van der Waals surface area contributed by atoms with Crippen molar-refractivity contribution in [2.75, 3.05) is 0 Å². The first-order valence-corrected chi connectivity index (χ1v) is 14.4. The second-order valence-electron chi connectivity index (χ2n) is 12.7. The first-order valence-electron chi connectivity index (χ1n) is 14.4. The number of allylic oxidation sites excluding steroid dienone is 14. The Morgan fingerprint density at radius 2 is 1.45 bits per heavy atom. The smallest absolute Gasteiger partial charge is 0.308 e. The minimum absolute atomic E-state index is 0.0737. The highest BCUT2D eigenvalue weighted by atomic mass is 16.5. The number of aliphatic hydroxyl groups is 2. The average Bonchev–Trinajstić information content (AvgIpc) is 2.83. The van der Waals surface area contributed by atoms with Gasteiger partial charge >= 0.3 is 11.9 Å². The number of carbonyl (C=O) groups is 3. The number of rotatable bonds is 14. The number of aliphatic hydroxyl groups excluding tert-OH is 1. The molecule has 7 nitrogen and oxygen atoms in total. The largest absolute Gasteiger partial charge is 0.481 e. The SMILES string of the molecule is C\C=C/C=C/C(C)=C/C=C/C=C(C)/C=C/C=C(\C)C(=O)CC1(C)CC(OC(=O)CC(C)(O)CC(=O)O)CC(C)(C)C1O. The predicted molar refractivity (Wildman–Crippen MR) is 168 cm³/mol. The van der Waals surface area contributed by atoms with Crippen molar-refractivity contribution in [3.05, 3.63) is 83.6 Å². The van der Waals surface area contributed by atoms with E-state index < -0.39 is 53.4 Å². The molecule has 42 heavy (non-hydrogen) atoms. The molecule has 1 aliphatic carbocycles. The third-order valence-electron chi connectivity index (χ3n) is 7.41. The quantitative estimate of drug-likeness (QED) is 0.118. The molecule has 0 aromatic carbocycles. The van der Waals surface area contributed by atoms with E-state index >= 15 is 0 Å². The molecule has 3 N–H and O–H groups in total. The number of hydrogen-bond acceptors (Lipinski definition) is 6. The number of ketones is 1. The lowest BCUT2D eigenvalue weighted by atomic mass is 9.59. The summed E-state index contributed by atoms with van der Waals surface area (Å²) in [5, 5.41) is 30.4. The fraction of sp³-hybridized carbons (Fsp3) is 0.514. The van der Waals surface area contributed by atoms with Crippen molar-refractivity contribution in [3.8, 4) is 0 Å². The van der Waals surface area contributed by atoms with E-state index in [9.17, 15) is 24.6 Å². The predicted octanol–water partition coefficient (Wildman–Crippen LogP) is 6.74. The number of carboxylic acids is 1. The molecule has 4 unspecified atom stereocenters. The summed E-state index contributed by atoms with van der Waals surface area (Å²) in [6.07, 6.45) is 19.7. The van der Waals surface area contributed by atoms with E-state index in [1.807, 2.05) is 102 Å². The summed E-state index contributed by atoms with van der Waals surface area (Å²) < 4.78 is 5.64. The summed E-state index contributed by atoms with van der Waals surface area (Å²) in [5.41, 5.74) is -0.509. The van der Waals surface area contributed by atoms with Crippen molar-refractivity contribution in [1.82, 2.24) is 0 Å². The van der Waals surface area contributed by atoms with Gasteiger partial charge in [0.1, 0.15) is 6.10 Å². The topological polar surface area (TPSA) is 121 Å². The summed E-state index contributed by atoms with van der Waals surface area (Å²) in [6.45, 7) is 14.6. The monoisotopic (exact) mass is 582 g/mol. The normalized spacial score (nSPS) is 25.4. The Morgan fingerprint density at radius 3 is 2.00 bits per heavy atom. The Labute approximate surface area is 251 Å². The molecular weight excluding hydrogens is 532 g/mol. The third kappa shape index (κ3) is 13.1. The Morgan fingerprint density at radius 1 is 0.881 bits per heavy atom. The first-order chi connectivity index (χ1) is 19.4. The lowest BCUT2D eigenvalue weighted by Gasteiger charge is -2.50. The molecule has 7 heteroatoms. The van der Waals surface area contributed by atoms with Crippen molar-refractivity contribution in [2.24, 2.45) is 10.8 Å². The van der Waals surface area contributed by atoms with Crippen molar-refractivity contribution in [2.45, 2.75) is 105 Å². The van der Waals surface area contributed by atoms with Crippen LogP contribution in [-0.2, 0) is 19.1 Å². The van der Waals surface area contributed by atoms with Gasteiger partial charge in [-0.3, -0.25) is 14.4 Å². The summed E-state index contributed by atoms with van der Waals surface area (Å²) in [6, 6.07) is 0. The molecule has 0 saturated heterocycles. The lowest BCUT2D eigenvalue weighted by molar-refractivity contribution is -0.174.